The van der Waals surface area contributed by atoms with Gasteiger partial charge in [0.2, 0.25) is 0 Å². The summed E-state index contributed by atoms with van der Waals surface area (Å²) in [5.74, 6) is 0.0290. The number of carbonyl (C=O) groups is 1. The van der Waals surface area contributed by atoms with E-state index in [0.29, 0.717) is 10.9 Å². The van der Waals surface area contributed by atoms with Gasteiger partial charge in [-0.3, -0.25) is 9.36 Å². The molecule has 0 radical (unpaired) electrons. The standard InChI is InChI=1S/C15H15O2P/c1-4-6-15(18-17)14(5-2)13-9-7-12(8-10-13)11(3)16/h4-10H,2H2,1,3H3/b6-4-,15-14-. The lowest BCUT2D eigenvalue weighted by molar-refractivity contribution is 0.101. The molecule has 18 heavy (non-hydrogen) atoms. The molecule has 0 spiro atoms. The lowest BCUT2D eigenvalue weighted by atomic mass is 10.0. The molecular formula is C15H15O2P. The number of allylic oxidation sites excluding steroid dienone is 5. The van der Waals surface area contributed by atoms with Crippen molar-refractivity contribution in [1.29, 1.82) is 0 Å². The highest BCUT2D eigenvalue weighted by atomic mass is 31.1. The molecule has 0 aromatic heterocycles. The third-order valence-corrected chi connectivity index (χ3v) is 3.09. The summed E-state index contributed by atoms with van der Waals surface area (Å²) in [6.45, 7) is 7.14. The minimum atomic E-state index is -0.0486. The molecule has 0 bridgehead atoms. The summed E-state index contributed by atoms with van der Waals surface area (Å²) in [6.07, 6.45) is 5.28. The molecule has 0 saturated heterocycles. The van der Waals surface area contributed by atoms with Crippen molar-refractivity contribution in [1.82, 2.24) is 0 Å². The first kappa shape index (κ1) is 14.3. The quantitative estimate of drug-likeness (QED) is 0.437. The number of ketones is 1. The van der Waals surface area contributed by atoms with Gasteiger partial charge in [-0.05, 0) is 25.0 Å². The Bertz CT molecular complexity index is 522. The first-order chi connectivity index (χ1) is 8.63. The Balaban J connectivity index is 3.29. The Hall–Kier alpha value is -1.79. The zero-order valence-corrected chi connectivity index (χ0v) is 11.4. The van der Waals surface area contributed by atoms with E-state index in [9.17, 15) is 9.36 Å². The molecule has 1 aromatic carbocycles. The van der Waals surface area contributed by atoms with Crippen LogP contribution in [0.4, 0.5) is 0 Å². The minimum absolute atomic E-state index is 0.0290. The van der Waals surface area contributed by atoms with Gasteiger partial charge in [0, 0.05) is 5.56 Å². The molecule has 1 aromatic rings. The molecule has 0 aliphatic carbocycles. The fraction of sp³-hybridized carbons (Fsp3) is 0.133. The van der Waals surface area contributed by atoms with Gasteiger partial charge < -0.3 is 0 Å². The van der Waals surface area contributed by atoms with Crippen LogP contribution in [0.25, 0.3) is 5.57 Å². The largest absolute Gasteiger partial charge is 0.295 e. The van der Waals surface area contributed by atoms with Crippen LogP contribution in [0.1, 0.15) is 29.8 Å². The summed E-state index contributed by atoms with van der Waals surface area (Å²) < 4.78 is 11.1. The van der Waals surface area contributed by atoms with Crippen LogP contribution in [0.2, 0.25) is 0 Å². The molecule has 0 heterocycles. The van der Waals surface area contributed by atoms with Gasteiger partial charge in [0.15, 0.2) is 14.2 Å². The highest BCUT2D eigenvalue weighted by molar-refractivity contribution is 7.30. The third kappa shape index (κ3) is 3.35. The van der Waals surface area contributed by atoms with Crippen LogP contribution < -0.4 is 0 Å². The summed E-state index contributed by atoms with van der Waals surface area (Å²) in [5.41, 5.74) is 2.36. The SMILES string of the molecule is C=C/C(=C(\C=C/C)P=O)c1ccc(C(C)=O)cc1. The van der Waals surface area contributed by atoms with E-state index < -0.39 is 0 Å². The van der Waals surface area contributed by atoms with Crippen molar-refractivity contribution in [2.45, 2.75) is 13.8 Å². The van der Waals surface area contributed by atoms with Crippen LogP contribution in [0.3, 0.4) is 0 Å². The van der Waals surface area contributed by atoms with E-state index in [-0.39, 0.29) is 14.2 Å². The summed E-state index contributed by atoms with van der Waals surface area (Å²) in [7, 11) is -0.0486. The van der Waals surface area contributed by atoms with Gasteiger partial charge >= 0.3 is 0 Å². The predicted octanol–water partition coefficient (Wildman–Crippen LogP) is 4.65. The van der Waals surface area contributed by atoms with Crippen molar-refractivity contribution in [3.05, 3.63) is 65.5 Å². The Labute approximate surface area is 109 Å². The van der Waals surface area contributed by atoms with Gasteiger partial charge in [-0.25, -0.2) is 0 Å². The molecule has 0 N–H and O–H groups in total. The van der Waals surface area contributed by atoms with E-state index in [1.807, 2.05) is 25.1 Å². The Morgan fingerprint density at radius 2 is 1.78 bits per heavy atom. The van der Waals surface area contributed by atoms with Crippen LogP contribution in [-0.4, -0.2) is 5.78 Å². The Kier molecular flexibility index (Phi) is 5.41. The van der Waals surface area contributed by atoms with Gasteiger partial charge in [0.1, 0.15) is 0 Å². The molecule has 92 valence electrons. The summed E-state index contributed by atoms with van der Waals surface area (Å²) in [4.78, 5) is 11.2. The van der Waals surface area contributed by atoms with Crippen molar-refractivity contribution in [2.75, 3.05) is 0 Å². The van der Waals surface area contributed by atoms with Crippen molar-refractivity contribution >= 4 is 19.8 Å². The average molecular weight is 258 g/mol. The molecule has 0 saturated carbocycles. The summed E-state index contributed by atoms with van der Waals surface area (Å²) >= 11 is 0. The van der Waals surface area contributed by atoms with E-state index in [2.05, 4.69) is 6.58 Å². The van der Waals surface area contributed by atoms with Crippen LogP contribution in [0.5, 0.6) is 0 Å². The first-order valence-electron chi connectivity index (χ1n) is 5.58. The summed E-state index contributed by atoms with van der Waals surface area (Å²) in [5, 5.41) is 0.670. The maximum atomic E-state index is 11.2. The maximum Gasteiger partial charge on any atom is 0.192 e. The summed E-state index contributed by atoms with van der Waals surface area (Å²) in [6, 6.07) is 7.19. The lowest BCUT2D eigenvalue weighted by Crippen LogP contribution is -1.92. The van der Waals surface area contributed by atoms with Crippen LogP contribution in [0.15, 0.2) is 54.4 Å². The molecule has 3 heteroatoms. The van der Waals surface area contributed by atoms with Crippen molar-refractivity contribution < 1.29 is 9.36 Å². The fourth-order valence-electron chi connectivity index (χ4n) is 1.58. The smallest absolute Gasteiger partial charge is 0.192 e. The van der Waals surface area contributed by atoms with Crippen molar-refractivity contribution in [3.63, 3.8) is 0 Å². The van der Waals surface area contributed by atoms with E-state index >= 15 is 0 Å². The molecule has 2 nitrogen and oxygen atoms in total. The van der Waals surface area contributed by atoms with Crippen LogP contribution >= 0.6 is 8.46 Å². The third-order valence-electron chi connectivity index (χ3n) is 2.51. The number of rotatable bonds is 5. The Morgan fingerprint density at radius 3 is 2.17 bits per heavy atom. The minimum Gasteiger partial charge on any atom is -0.295 e. The van der Waals surface area contributed by atoms with Gasteiger partial charge in [-0.2, -0.15) is 0 Å². The monoisotopic (exact) mass is 258 g/mol. The number of carbonyl (C=O) groups excluding carboxylic acids is 1. The van der Waals surface area contributed by atoms with Gasteiger partial charge in [0.25, 0.3) is 0 Å². The highest BCUT2D eigenvalue weighted by Gasteiger charge is 2.05. The van der Waals surface area contributed by atoms with Gasteiger partial charge in [0.05, 0.1) is 5.31 Å². The molecule has 0 unspecified atom stereocenters. The second-order valence-corrected chi connectivity index (χ2v) is 4.39. The van der Waals surface area contributed by atoms with Crippen molar-refractivity contribution in [2.24, 2.45) is 0 Å². The molecule has 0 fully saturated rings. The van der Waals surface area contributed by atoms with E-state index in [1.165, 1.54) is 6.92 Å². The van der Waals surface area contributed by atoms with E-state index in [1.54, 1.807) is 24.3 Å². The van der Waals surface area contributed by atoms with E-state index in [4.69, 9.17) is 0 Å². The second kappa shape index (κ2) is 6.83. The van der Waals surface area contributed by atoms with Crippen LogP contribution in [-0.2, 0) is 4.57 Å². The molecule has 0 aliphatic rings. The number of Topliss-reactive ketones (excluding diaryl/α,β-unsaturated/α-hetero) is 1. The zero-order valence-electron chi connectivity index (χ0n) is 10.5. The lowest BCUT2D eigenvalue weighted by Gasteiger charge is -2.05. The molecule has 0 atom stereocenters. The molecule has 0 aliphatic heterocycles. The van der Waals surface area contributed by atoms with Crippen LogP contribution in [0, 0.1) is 0 Å². The Morgan fingerprint density at radius 1 is 1.22 bits per heavy atom. The second-order valence-electron chi connectivity index (χ2n) is 3.73. The number of hydrogen-bond donors (Lipinski definition) is 0. The zero-order chi connectivity index (χ0) is 13.5. The number of hydrogen-bond acceptors (Lipinski definition) is 2. The topological polar surface area (TPSA) is 34.1 Å². The average Bonchev–Trinajstić information content (AvgIpc) is 2.39. The predicted molar refractivity (Wildman–Crippen MR) is 76.0 cm³/mol. The maximum absolute atomic E-state index is 11.2. The van der Waals surface area contributed by atoms with Gasteiger partial charge in [-0.15, -0.1) is 0 Å². The highest BCUT2D eigenvalue weighted by Crippen LogP contribution is 2.28. The fourth-order valence-corrected chi connectivity index (χ4v) is 2.11. The van der Waals surface area contributed by atoms with Gasteiger partial charge in [-0.1, -0.05) is 49.1 Å². The molecule has 0 amide bonds. The molecular weight excluding hydrogens is 243 g/mol. The normalized spacial score (nSPS) is 12.6. The number of benzene rings is 1. The molecule has 1 rings (SSSR count). The van der Waals surface area contributed by atoms with E-state index in [0.717, 1.165) is 11.1 Å². The first-order valence-corrected chi connectivity index (χ1v) is 6.39. The van der Waals surface area contributed by atoms with Crippen molar-refractivity contribution in [3.8, 4) is 0 Å².